The first-order valence-corrected chi connectivity index (χ1v) is 2.19. The van der Waals surface area contributed by atoms with Crippen LogP contribution in [-0.2, 0) is 0 Å². The summed E-state index contributed by atoms with van der Waals surface area (Å²) < 4.78 is 4.24. The van der Waals surface area contributed by atoms with E-state index in [-0.39, 0.29) is 10.6 Å². The second-order valence-corrected chi connectivity index (χ2v) is 1.48. The fourth-order valence-electron chi connectivity index (χ4n) is 0.189. The highest BCUT2D eigenvalue weighted by molar-refractivity contribution is 6.30. The summed E-state index contributed by atoms with van der Waals surface area (Å²) in [6.45, 7) is 0. The predicted molar refractivity (Wildman–Crippen MR) is 24.3 cm³/mol. The second-order valence-electron chi connectivity index (χ2n) is 0.816. The number of hydrogen-bond donors (Lipinski definition) is 0. The van der Waals surface area contributed by atoms with E-state index in [9.17, 15) is 0 Å². The standard InChI is InChI=1S/C2Cl2N2O/c3-1-5-2(4)7-6-1. The summed E-state index contributed by atoms with van der Waals surface area (Å²) in [6, 6.07) is 0. The van der Waals surface area contributed by atoms with E-state index in [4.69, 9.17) is 23.2 Å². The van der Waals surface area contributed by atoms with Crippen molar-refractivity contribution in [2.24, 2.45) is 0 Å². The van der Waals surface area contributed by atoms with Gasteiger partial charge in [-0.1, -0.05) is 0 Å². The molecule has 0 fully saturated rings. The van der Waals surface area contributed by atoms with Gasteiger partial charge in [0.05, 0.1) is 0 Å². The van der Waals surface area contributed by atoms with Crippen molar-refractivity contribution in [3.63, 3.8) is 0 Å². The molecule has 0 N–H and O–H groups in total. The van der Waals surface area contributed by atoms with Gasteiger partial charge in [0.1, 0.15) is 0 Å². The van der Waals surface area contributed by atoms with Crippen LogP contribution in [0, 0.1) is 0 Å². The minimum absolute atomic E-state index is 0.0324. The van der Waals surface area contributed by atoms with Gasteiger partial charge in [-0.2, -0.15) is 4.98 Å². The van der Waals surface area contributed by atoms with Crippen molar-refractivity contribution in [1.29, 1.82) is 0 Å². The van der Waals surface area contributed by atoms with E-state index < -0.39 is 0 Å². The van der Waals surface area contributed by atoms with Crippen LogP contribution in [0.5, 0.6) is 0 Å². The average Bonchev–Trinajstić information content (AvgIpc) is 1.87. The highest BCUT2D eigenvalue weighted by Crippen LogP contribution is 2.06. The quantitative estimate of drug-likeness (QED) is 0.544. The molecule has 0 aromatic carbocycles. The number of nitrogens with zero attached hydrogens (tertiary/aromatic N) is 2. The van der Waals surface area contributed by atoms with Crippen LogP contribution in [0.1, 0.15) is 0 Å². The largest absolute Gasteiger partial charge is 0.321 e. The molecule has 0 amide bonds. The van der Waals surface area contributed by atoms with Gasteiger partial charge in [-0.3, -0.25) is 0 Å². The van der Waals surface area contributed by atoms with Gasteiger partial charge < -0.3 is 4.52 Å². The maximum atomic E-state index is 5.16. The SMILES string of the molecule is Clc1noc(Cl)n1. The molecule has 0 aliphatic rings. The first-order chi connectivity index (χ1) is 3.29. The van der Waals surface area contributed by atoms with E-state index in [1.54, 1.807) is 0 Å². The monoisotopic (exact) mass is 138 g/mol. The van der Waals surface area contributed by atoms with Crippen LogP contribution in [0.2, 0.25) is 10.6 Å². The van der Waals surface area contributed by atoms with Gasteiger partial charge in [-0.05, 0) is 28.4 Å². The molecule has 5 heteroatoms. The van der Waals surface area contributed by atoms with Gasteiger partial charge in [0, 0.05) is 0 Å². The van der Waals surface area contributed by atoms with Crippen molar-refractivity contribution in [1.82, 2.24) is 10.1 Å². The molecule has 0 atom stereocenters. The third-order valence-corrected chi connectivity index (χ3v) is 0.684. The number of halogens is 2. The van der Waals surface area contributed by atoms with E-state index in [1.807, 2.05) is 0 Å². The third kappa shape index (κ3) is 1.04. The lowest BCUT2D eigenvalue weighted by Crippen LogP contribution is -1.58. The Kier molecular flexibility index (Phi) is 1.17. The van der Waals surface area contributed by atoms with Gasteiger partial charge in [-0.15, -0.1) is 0 Å². The molecule has 1 aromatic heterocycles. The summed E-state index contributed by atoms with van der Waals surface area (Å²) in [6.07, 6.45) is 0. The van der Waals surface area contributed by atoms with Crippen molar-refractivity contribution in [3.8, 4) is 0 Å². The molecule has 38 valence electrons. The zero-order valence-corrected chi connectivity index (χ0v) is 4.57. The summed E-state index contributed by atoms with van der Waals surface area (Å²) in [7, 11) is 0. The van der Waals surface area contributed by atoms with Crippen molar-refractivity contribution < 1.29 is 4.52 Å². The van der Waals surface area contributed by atoms with Crippen LogP contribution in [-0.4, -0.2) is 10.1 Å². The molecular weight excluding hydrogens is 139 g/mol. The maximum absolute atomic E-state index is 5.16. The van der Waals surface area contributed by atoms with E-state index in [0.717, 1.165) is 0 Å². The molecule has 0 spiro atoms. The normalized spacial score (nSPS) is 9.43. The highest BCUT2D eigenvalue weighted by atomic mass is 35.5. The smallest absolute Gasteiger partial charge is 0.320 e. The molecule has 3 nitrogen and oxygen atoms in total. The van der Waals surface area contributed by atoms with E-state index in [0.29, 0.717) is 0 Å². The molecule has 0 saturated carbocycles. The lowest BCUT2D eigenvalue weighted by molar-refractivity contribution is 0.419. The average molecular weight is 139 g/mol. The molecule has 0 saturated heterocycles. The Hall–Kier alpha value is -0.280. The topological polar surface area (TPSA) is 38.9 Å². The minimum atomic E-state index is -0.0370. The molecule has 0 radical (unpaired) electrons. The van der Waals surface area contributed by atoms with E-state index in [2.05, 4.69) is 14.7 Å². The Bertz CT molecular complexity index is 146. The minimum Gasteiger partial charge on any atom is -0.320 e. The van der Waals surface area contributed by atoms with Gasteiger partial charge >= 0.3 is 5.35 Å². The summed E-state index contributed by atoms with van der Waals surface area (Å²) in [5.74, 6) is 0. The van der Waals surface area contributed by atoms with Crippen molar-refractivity contribution in [3.05, 3.63) is 10.6 Å². The summed E-state index contributed by atoms with van der Waals surface area (Å²) >= 11 is 10.3. The Labute approximate surface area is 49.2 Å². The van der Waals surface area contributed by atoms with Gasteiger partial charge in [0.2, 0.25) is 0 Å². The first-order valence-electron chi connectivity index (χ1n) is 1.44. The number of rotatable bonds is 0. The van der Waals surface area contributed by atoms with Crippen LogP contribution in [0.25, 0.3) is 0 Å². The zero-order chi connectivity index (χ0) is 5.28. The molecule has 1 aromatic rings. The Morgan fingerprint density at radius 1 is 1.43 bits per heavy atom. The zero-order valence-electron chi connectivity index (χ0n) is 3.06. The molecule has 0 aliphatic carbocycles. The van der Waals surface area contributed by atoms with Crippen molar-refractivity contribution in [2.75, 3.05) is 0 Å². The lowest BCUT2D eigenvalue weighted by atomic mass is 11.3. The van der Waals surface area contributed by atoms with Crippen molar-refractivity contribution >= 4 is 23.2 Å². The van der Waals surface area contributed by atoms with Gasteiger partial charge in [0.25, 0.3) is 5.28 Å². The fourth-order valence-corrected chi connectivity index (χ4v) is 0.458. The van der Waals surface area contributed by atoms with Crippen molar-refractivity contribution in [2.45, 2.75) is 0 Å². The molecule has 0 unspecified atom stereocenters. The third-order valence-electron chi connectivity index (χ3n) is 0.376. The van der Waals surface area contributed by atoms with E-state index in [1.165, 1.54) is 0 Å². The summed E-state index contributed by atoms with van der Waals surface area (Å²) in [5.41, 5.74) is 0. The van der Waals surface area contributed by atoms with Gasteiger partial charge in [-0.25, -0.2) is 0 Å². The molecule has 1 rings (SSSR count). The van der Waals surface area contributed by atoms with Crippen LogP contribution in [0.15, 0.2) is 4.52 Å². The molecule has 7 heavy (non-hydrogen) atoms. The lowest BCUT2D eigenvalue weighted by Gasteiger charge is -1.59. The Balaban J connectivity index is 3.04. The molecular formula is C2Cl2N2O. The van der Waals surface area contributed by atoms with Gasteiger partial charge in [0.15, 0.2) is 0 Å². The molecule has 0 bridgehead atoms. The van der Waals surface area contributed by atoms with Crippen LogP contribution in [0.3, 0.4) is 0 Å². The van der Waals surface area contributed by atoms with Crippen LogP contribution < -0.4 is 0 Å². The molecule has 1 heterocycles. The highest BCUT2D eigenvalue weighted by Gasteiger charge is 1.95. The summed E-state index contributed by atoms with van der Waals surface area (Å²) in [5, 5.41) is 3.16. The Morgan fingerprint density at radius 2 is 2.14 bits per heavy atom. The number of hydrogen-bond acceptors (Lipinski definition) is 3. The maximum Gasteiger partial charge on any atom is 0.321 e. The second kappa shape index (κ2) is 1.68. The first kappa shape index (κ1) is 4.87. The van der Waals surface area contributed by atoms with Crippen LogP contribution in [0.4, 0.5) is 0 Å². The number of aromatic nitrogens is 2. The Morgan fingerprint density at radius 3 is 2.29 bits per heavy atom. The fraction of sp³-hybridized carbons (Fsp3) is 0. The summed E-state index contributed by atoms with van der Waals surface area (Å²) in [4.78, 5) is 3.36. The van der Waals surface area contributed by atoms with E-state index >= 15 is 0 Å². The predicted octanol–water partition coefficient (Wildman–Crippen LogP) is 1.38. The molecule has 0 aliphatic heterocycles. The van der Waals surface area contributed by atoms with Crippen LogP contribution >= 0.6 is 23.2 Å².